The fourth-order valence-corrected chi connectivity index (χ4v) is 8.22. The van der Waals surface area contributed by atoms with Gasteiger partial charge >= 0.3 is 0 Å². The molecule has 0 radical (unpaired) electrons. The lowest BCUT2D eigenvalue weighted by Gasteiger charge is -2.34. The lowest BCUT2D eigenvalue weighted by Crippen LogP contribution is -2.60. The average Bonchev–Trinajstić information content (AvgIpc) is 3.79. The molecule has 0 saturated carbocycles. The van der Waals surface area contributed by atoms with E-state index in [-0.39, 0.29) is 107 Å². The summed E-state index contributed by atoms with van der Waals surface area (Å²) in [6, 6.07) is -6.83. The Hall–Kier alpha value is -8.00. The molecule has 0 aromatic carbocycles. The van der Waals surface area contributed by atoms with Crippen LogP contribution in [0.4, 0.5) is 11.5 Å². The maximum Gasteiger partial charge on any atom is 0.245 e. The first-order chi connectivity index (χ1) is 36.5. The fraction of sp³-hybridized carbons (Fsp3) is 0.565. The number of hydrogen-bond acceptors (Lipinski definition) is 19. The van der Waals surface area contributed by atoms with Crippen molar-refractivity contribution in [1.29, 1.82) is 0 Å². The van der Waals surface area contributed by atoms with Gasteiger partial charge in [0.2, 0.25) is 70.4 Å². The highest BCUT2D eigenvalue weighted by atomic mass is 16.5. The van der Waals surface area contributed by atoms with E-state index in [0.29, 0.717) is 10.1 Å². The monoisotopic (exact) mass is 1090 g/mol. The van der Waals surface area contributed by atoms with Crippen LogP contribution in [0, 0.1) is 0 Å². The van der Waals surface area contributed by atoms with E-state index in [1.54, 1.807) is 0 Å². The van der Waals surface area contributed by atoms with Gasteiger partial charge < -0.3 is 78.6 Å². The van der Waals surface area contributed by atoms with Crippen molar-refractivity contribution in [2.24, 2.45) is 5.73 Å². The number of primary amides is 1. The largest absolute Gasteiger partial charge is 0.504 e. The van der Waals surface area contributed by atoms with Crippen LogP contribution < -0.4 is 59.0 Å². The second-order valence-corrected chi connectivity index (χ2v) is 18.1. The molecule has 1 saturated heterocycles. The molecular weight excluding hydrogens is 1020 g/mol. The van der Waals surface area contributed by atoms with Crippen molar-refractivity contribution in [3.63, 3.8) is 0 Å². The zero-order valence-electron chi connectivity index (χ0n) is 42.3. The number of amides is 11. The van der Waals surface area contributed by atoms with E-state index in [1.165, 1.54) is 10.6 Å². The van der Waals surface area contributed by atoms with Gasteiger partial charge in [0.15, 0.2) is 5.75 Å². The Morgan fingerprint density at radius 1 is 0.675 bits per heavy atom. The molecular formula is C46H67N13O18. The smallest absolute Gasteiger partial charge is 0.245 e. The van der Waals surface area contributed by atoms with E-state index in [2.05, 4.69) is 47.9 Å². The molecule has 4 rings (SSSR count). The number of aliphatic hydroxyl groups excluding tert-OH is 3. The molecule has 3 aliphatic heterocycles. The number of aromatic nitrogens is 1. The quantitative estimate of drug-likeness (QED) is 0.0267. The summed E-state index contributed by atoms with van der Waals surface area (Å²) in [6.45, 7) is -0.689. The number of aromatic hydroxyl groups is 1. The molecule has 7 atom stereocenters. The lowest BCUT2D eigenvalue weighted by atomic mass is 10.0. The minimum atomic E-state index is -1.89. The van der Waals surface area contributed by atoms with E-state index in [0.717, 1.165) is 26.0 Å². The van der Waals surface area contributed by atoms with Crippen molar-refractivity contribution in [2.45, 2.75) is 120 Å². The van der Waals surface area contributed by atoms with Crippen LogP contribution in [-0.2, 0) is 52.7 Å². The van der Waals surface area contributed by atoms with Crippen molar-refractivity contribution in [2.75, 3.05) is 56.6 Å². The van der Waals surface area contributed by atoms with Gasteiger partial charge in [-0.2, -0.15) is 0 Å². The predicted octanol–water partition coefficient (Wildman–Crippen LogP) is -5.56. The Labute approximate surface area is 439 Å². The van der Waals surface area contributed by atoms with Gasteiger partial charge in [-0.05, 0) is 63.5 Å². The number of hydroxylamine groups is 4. The van der Waals surface area contributed by atoms with Gasteiger partial charge in [0.25, 0.3) is 0 Å². The summed E-state index contributed by atoms with van der Waals surface area (Å²) in [5, 5.41) is 83.7. The summed E-state index contributed by atoms with van der Waals surface area (Å²) in [5.74, 6) is -10.1. The van der Waals surface area contributed by atoms with Crippen LogP contribution in [0.15, 0.2) is 23.0 Å². The van der Waals surface area contributed by atoms with E-state index < -0.39 is 145 Å². The van der Waals surface area contributed by atoms with Gasteiger partial charge in [-0.1, -0.05) is 0 Å². The van der Waals surface area contributed by atoms with Crippen molar-refractivity contribution in [1.82, 2.24) is 51.9 Å². The Morgan fingerprint density at radius 3 is 1.68 bits per heavy atom. The first kappa shape index (κ1) is 61.5. The van der Waals surface area contributed by atoms with Gasteiger partial charge in [0, 0.05) is 77.7 Å². The van der Waals surface area contributed by atoms with Crippen molar-refractivity contribution >= 4 is 76.5 Å². The van der Waals surface area contributed by atoms with Gasteiger partial charge in [-0.3, -0.25) is 67.9 Å². The standard InChI is InChI=1S/C46H67N13O18/c1-23(63)57(76)15-3-5-26(41(70)54-29(11-17-60)43(72)53-28-9-13-49-40(28)69)52-45(74)32(22-62)56-42(71)27(6-4-16-58(77)24(2)64)51-44(73)30(12-18-61)55-46(75)33-10-14-48-39-31(50-38(68)8-7-37(47)67)19-25-20-35(65)36(66)21-34(25)59(33)39/h19-21,26-30,32-33,48,60-62,65,76-77H,3-18,22H2,1-2H3,(H2,47,67)(H,49,69)(H,50,68)(H,51,73)(H,52,74)(H,53,72)(H,54,70)(H,55,75)(H,56,71). The molecule has 7 unspecified atom stereocenters. The Kier molecular flexibility index (Phi) is 23.5. The van der Waals surface area contributed by atoms with Crippen LogP contribution in [0.3, 0.4) is 0 Å². The molecule has 1 fully saturated rings. The summed E-state index contributed by atoms with van der Waals surface area (Å²) in [7, 11) is 0. The molecule has 77 heavy (non-hydrogen) atoms. The Bertz CT molecular complexity index is 2540. The van der Waals surface area contributed by atoms with Crippen LogP contribution in [0.25, 0.3) is 11.3 Å². The van der Waals surface area contributed by atoms with Crippen LogP contribution in [-0.4, -0.2) is 193 Å². The maximum atomic E-state index is 14.3. The SMILES string of the molecule is CC(=O)N(O)CCCC(NC(=O)C(CO)NC(=O)C(CCCN(O)C(C)=O)NC(=O)C(CCO)NC(=O)C1CCNc2c(NC(=O)CCC(N)=O)cc3cc(O)c(=O)cc-3n21)C(=O)NC(CCO)C(=O)NC1CCNC1=O. The second kappa shape index (κ2) is 29.3. The molecule has 0 aromatic heterocycles. The van der Waals surface area contributed by atoms with E-state index in [1.807, 2.05) is 0 Å². The third-order valence-electron chi connectivity index (χ3n) is 12.4. The topological polar surface area (TPSA) is 472 Å². The summed E-state index contributed by atoms with van der Waals surface area (Å²) >= 11 is 0. The predicted molar refractivity (Wildman–Crippen MR) is 265 cm³/mol. The molecule has 31 nitrogen and oxygen atoms in total. The van der Waals surface area contributed by atoms with Crippen molar-refractivity contribution < 1.29 is 83.6 Å². The molecule has 0 spiro atoms. The number of phenols is 1. The minimum absolute atomic E-state index is 0.00352. The summed E-state index contributed by atoms with van der Waals surface area (Å²) < 4.78 is 1.35. The number of phenolic OH excluding ortho intramolecular Hbond substituents is 1. The number of fused-ring (bicyclic) bond motifs is 3. The van der Waals surface area contributed by atoms with Crippen LogP contribution >= 0.6 is 0 Å². The lowest BCUT2D eigenvalue weighted by molar-refractivity contribution is -0.163. The third kappa shape index (κ3) is 17.8. The maximum absolute atomic E-state index is 14.3. The average molecular weight is 1090 g/mol. The van der Waals surface area contributed by atoms with E-state index in [4.69, 9.17) is 5.73 Å². The second-order valence-electron chi connectivity index (χ2n) is 18.1. The number of hydrogen-bond donors (Lipinski definition) is 16. The van der Waals surface area contributed by atoms with Gasteiger partial charge in [-0.15, -0.1) is 0 Å². The number of anilines is 2. The summed E-state index contributed by atoms with van der Waals surface area (Å²) in [5.41, 5.74) is 4.75. The van der Waals surface area contributed by atoms with Crippen LogP contribution in [0.1, 0.15) is 84.1 Å². The van der Waals surface area contributed by atoms with Crippen molar-refractivity contribution in [3.8, 4) is 17.0 Å². The number of aliphatic hydroxyl groups is 3. The number of pyridine rings is 1. The highest BCUT2D eigenvalue weighted by Gasteiger charge is 2.37. The van der Waals surface area contributed by atoms with Gasteiger partial charge in [0.1, 0.15) is 48.1 Å². The normalized spacial score (nSPS) is 16.6. The minimum Gasteiger partial charge on any atom is -0.504 e. The number of benzene rings is 1. The van der Waals surface area contributed by atoms with Gasteiger partial charge in [-0.25, -0.2) is 10.1 Å². The third-order valence-corrected chi connectivity index (χ3v) is 12.4. The Morgan fingerprint density at radius 2 is 1.18 bits per heavy atom. The number of carbonyl (C=O) groups is 11. The van der Waals surface area contributed by atoms with Crippen LogP contribution in [0.2, 0.25) is 0 Å². The first-order valence-corrected chi connectivity index (χ1v) is 24.6. The zero-order chi connectivity index (χ0) is 57.1. The van der Waals surface area contributed by atoms with E-state index in [9.17, 15) is 88.4 Å². The highest BCUT2D eigenvalue weighted by Crippen LogP contribution is 2.39. The summed E-state index contributed by atoms with van der Waals surface area (Å²) in [6.07, 6.45) is -2.18. The highest BCUT2D eigenvalue weighted by molar-refractivity contribution is 5.99. The first-order valence-electron chi connectivity index (χ1n) is 24.6. The van der Waals surface area contributed by atoms with Crippen LogP contribution in [0.5, 0.6) is 5.75 Å². The number of nitrogens with one attached hydrogen (secondary N) is 9. The molecule has 1 aliphatic carbocycles. The number of nitrogens with zero attached hydrogens (tertiary/aromatic N) is 3. The molecule has 424 valence electrons. The number of carbonyl (C=O) groups excluding carboxylic acids is 11. The number of nitrogens with two attached hydrogens (primary N) is 1. The molecule has 0 aromatic rings. The molecule has 0 bridgehead atoms. The summed E-state index contributed by atoms with van der Waals surface area (Å²) in [4.78, 5) is 156. The van der Waals surface area contributed by atoms with Crippen molar-refractivity contribution in [3.05, 3.63) is 28.4 Å². The zero-order valence-corrected chi connectivity index (χ0v) is 42.3. The molecule has 4 aliphatic rings. The fourth-order valence-electron chi connectivity index (χ4n) is 8.22. The molecule has 11 amide bonds. The Balaban J connectivity index is 1.59. The molecule has 17 N–H and O–H groups in total. The molecule has 3 heterocycles. The van der Waals surface area contributed by atoms with Gasteiger partial charge in [0.05, 0.1) is 18.0 Å². The number of rotatable bonds is 29. The van der Waals surface area contributed by atoms with E-state index >= 15 is 0 Å². The molecule has 31 heteroatoms.